The highest BCUT2D eigenvalue weighted by Gasteiger charge is 2.35. The number of aromatic carboxylic acids is 1. The lowest BCUT2D eigenvalue weighted by atomic mass is 10.1. The van der Waals surface area contributed by atoms with Gasteiger partial charge in [0.2, 0.25) is 11.3 Å². The standard InChI is InChI=1S/C20H23F2N5O4.ClH/c1-8(23)19(29)25-9-4-5-26(6-9)17-13(21)15(24)12-16(14(17)22)27(10-2-3-10)7-11(18(12)28)20(30)31;/h7-10H,2-6,23-24H2,1H3,(H,25,29)(H,30,31);1H/t8-,9+;/m0./s1. The van der Waals surface area contributed by atoms with E-state index >= 15 is 8.78 Å². The molecule has 9 nitrogen and oxygen atoms in total. The van der Waals surface area contributed by atoms with Crippen LogP contribution in [0.15, 0.2) is 11.0 Å². The fourth-order valence-electron chi connectivity index (χ4n) is 4.04. The zero-order chi connectivity index (χ0) is 22.6. The Bertz CT molecular complexity index is 1170. The number of pyridine rings is 1. The molecular weight excluding hydrogens is 448 g/mol. The minimum Gasteiger partial charge on any atom is -0.477 e. The maximum atomic E-state index is 15.7. The second-order valence-electron chi connectivity index (χ2n) is 8.16. The molecule has 1 saturated carbocycles. The number of hydrogen-bond donors (Lipinski definition) is 4. The molecular formula is C20H24ClF2N5O4. The summed E-state index contributed by atoms with van der Waals surface area (Å²) in [5, 5.41) is 11.6. The number of nitrogens with one attached hydrogen (secondary N) is 1. The number of rotatable bonds is 5. The molecule has 2 aromatic rings. The molecule has 12 heteroatoms. The zero-order valence-electron chi connectivity index (χ0n) is 17.2. The number of carbonyl (C=O) groups is 2. The molecule has 0 bridgehead atoms. The Morgan fingerprint density at radius 3 is 2.47 bits per heavy atom. The summed E-state index contributed by atoms with van der Waals surface area (Å²) in [6.07, 6.45) is 2.91. The summed E-state index contributed by atoms with van der Waals surface area (Å²) >= 11 is 0. The Balaban J connectivity index is 0.00000289. The maximum Gasteiger partial charge on any atom is 0.341 e. The molecule has 0 unspecified atom stereocenters. The lowest BCUT2D eigenvalue weighted by Gasteiger charge is -2.24. The Morgan fingerprint density at radius 2 is 1.91 bits per heavy atom. The first kappa shape index (κ1) is 23.7. The fraction of sp³-hybridized carbons (Fsp3) is 0.450. The van der Waals surface area contributed by atoms with Crippen molar-refractivity contribution < 1.29 is 23.5 Å². The summed E-state index contributed by atoms with van der Waals surface area (Å²) in [4.78, 5) is 37.5. The second-order valence-corrected chi connectivity index (χ2v) is 8.16. The molecule has 1 amide bonds. The van der Waals surface area contributed by atoms with Crippen molar-refractivity contribution in [3.8, 4) is 0 Å². The number of halogens is 3. The van der Waals surface area contributed by atoms with Gasteiger partial charge in [0.1, 0.15) is 11.3 Å². The number of aromatic nitrogens is 1. The Labute approximate surface area is 187 Å². The normalized spacial score (nSPS) is 19.0. The summed E-state index contributed by atoms with van der Waals surface area (Å²) in [6, 6.07) is -1.26. The van der Waals surface area contributed by atoms with Crippen molar-refractivity contribution in [3.05, 3.63) is 33.6 Å². The van der Waals surface area contributed by atoms with Crippen LogP contribution in [-0.2, 0) is 4.79 Å². The van der Waals surface area contributed by atoms with E-state index in [2.05, 4.69) is 5.32 Å². The van der Waals surface area contributed by atoms with E-state index in [9.17, 15) is 19.5 Å². The minimum absolute atomic E-state index is 0. The molecule has 1 aliphatic heterocycles. The molecule has 2 heterocycles. The van der Waals surface area contributed by atoms with Gasteiger partial charge in [-0.1, -0.05) is 0 Å². The van der Waals surface area contributed by atoms with Crippen LogP contribution in [0.1, 0.15) is 42.6 Å². The number of nitrogens with two attached hydrogens (primary N) is 2. The van der Waals surface area contributed by atoms with Crippen LogP contribution < -0.4 is 27.1 Å². The summed E-state index contributed by atoms with van der Waals surface area (Å²) in [5.74, 6) is -3.94. The third-order valence-electron chi connectivity index (χ3n) is 5.80. The van der Waals surface area contributed by atoms with Crippen molar-refractivity contribution in [2.75, 3.05) is 23.7 Å². The Hall–Kier alpha value is -2.92. The van der Waals surface area contributed by atoms with E-state index in [1.807, 2.05) is 0 Å². The third-order valence-corrected chi connectivity index (χ3v) is 5.80. The first-order valence-corrected chi connectivity index (χ1v) is 10.0. The number of nitrogens with zero attached hydrogens (tertiary/aromatic N) is 2. The highest BCUT2D eigenvalue weighted by Crippen LogP contribution is 2.42. The van der Waals surface area contributed by atoms with Crippen molar-refractivity contribution >= 4 is 46.6 Å². The van der Waals surface area contributed by atoms with Gasteiger partial charge in [-0.05, 0) is 26.2 Å². The van der Waals surface area contributed by atoms with Gasteiger partial charge < -0.3 is 31.4 Å². The molecule has 1 aromatic heterocycles. The van der Waals surface area contributed by atoms with Crippen molar-refractivity contribution in [1.29, 1.82) is 0 Å². The molecule has 2 atom stereocenters. The number of fused-ring (bicyclic) bond motifs is 1. The number of carbonyl (C=O) groups excluding carboxylic acids is 1. The van der Waals surface area contributed by atoms with Gasteiger partial charge in [0.25, 0.3) is 0 Å². The van der Waals surface area contributed by atoms with Gasteiger partial charge in [0.05, 0.1) is 22.6 Å². The number of carboxylic acid groups (broad SMARTS) is 1. The smallest absolute Gasteiger partial charge is 0.341 e. The summed E-state index contributed by atoms with van der Waals surface area (Å²) in [6.45, 7) is 1.93. The van der Waals surface area contributed by atoms with E-state index in [1.165, 1.54) is 16.4 Å². The molecule has 1 saturated heterocycles. The third kappa shape index (κ3) is 3.86. The van der Waals surface area contributed by atoms with Crippen LogP contribution in [0.2, 0.25) is 0 Å². The van der Waals surface area contributed by atoms with Crippen LogP contribution in [0.25, 0.3) is 10.9 Å². The summed E-state index contributed by atoms with van der Waals surface area (Å²) in [7, 11) is 0. The number of benzene rings is 1. The summed E-state index contributed by atoms with van der Waals surface area (Å²) in [5.41, 5.74) is 8.68. The van der Waals surface area contributed by atoms with Crippen LogP contribution in [0.5, 0.6) is 0 Å². The molecule has 2 fully saturated rings. The first-order chi connectivity index (χ1) is 14.6. The van der Waals surface area contributed by atoms with Crippen molar-refractivity contribution in [1.82, 2.24) is 9.88 Å². The predicted molar refractivity (Wildman–Crippen MR) is 117 cm³/mol. The van der Waals surface area contributed by atoms with E-state index < -0.39 is 45.7 Å². The van der Waals surface area contributed by atoms with Crippen LogP contribution in [0, 0.1) is 11.6 Å². The highest BCUT2D eigenvalue weighted by atomic mass is 35.5. The van der Waals surface area contributed by atoms with Gasteiger partial charge in [-0.2, -0.15) is 0 Å². The maximum absolute atomic E-state index is 15.7. The van der Waals surface area contributed by atoms with Crippen LogP contribution in [-0.4, -0.2) is 46.7 Å². The van der Waals surface area contributed by atoms with Gasteiger partial charge in [-0.15, -0.1) is 12.4 Å². The molecule has 1 aliphatic carbocycles. The summed E-state index contributed by atoms with van der Waals surface area (Å²) < 4.78 is 32.3. The Kier molecular flexibility index (Phi) is 6.34. The number of anilines is 2. The van der Waals surface area contributed by atoms with Gasteiger partial charge in [0, 0.05) is 31.4 Å². The molecule has 0 spiro atoms. The lowest BCUT2D eigenvalue weighted by molar-refractivity contribution is -0.122. The topological polar surface area (TPSA) is 144 Å². The van der Waals surface area contributed by atoms with Gasteiger partial charge in [-0.25, -0.2) is 13.6 Å². The number of nitrogen functional groups attached to an aromatic ring is 1. The van der Waals surface area contributed by atoms with Crippen LogP contribution in [0.3, 0.4) is 0 Å². The average molecular weight is 472 g/mol. The monoisotopic (exact) mass is 471 g/mol. The zero-order valence-corrected chi connectivity index (χ0v) is 18.0. The number of hydrogen-bond acceptors (Lipinski definition) is 6. The quantitative estimate of drug-likeness (QED) is 0.482. The Morgan fingerprint density at radius 1 is 1.25 bits per heavy atom. The van der Waals surface area contributed by atoms with Gasteiger partial charge in [-0.3, -0.25) is 9.59 Å². The van der Waals surface area contributed by atoms with E-state index in [0.29, 0.717) is 19.3 Å². The van der Waals surface area contributed by atoms with Crippen molar-refractivity contribution in [3.63, 3.8) is 0 Å². The SMILES string of the molecule is C[C@H](N)C(=O)N[C@@H]1CCN(c2c(F)c(N)c3c(=O)c(C(=O)O)cn(C4CC4)c3c2F)C1.Cl. The molecule has 0 radical (unpaired) electrons. The van der Waals surface area contributed by atoms with Crippen LogP contribution >= 0.6 is 12.4 Å². The molecule has 4 rings (SSSR count). The van der Waals surface area contributed by atoms with E-state index in [-0.39, 0.29) is 54.7 Å². The highest BCUT2D eigenvalue weighted by molar-refractivity contribution is 5.99. The average Bonchev–Trinajstić information content (AvgIpc) is 3.45. The van der Waals surface area contributed by atoms with Crippen molar-refractivity contribution in [2.45, 2.75) is 44.3 Å². The van der Waals surface area contributed by atoms with Gasteiger partial charge >= 0.3 is 5.97 Å². The fourth-order valence-corrected chi connectivity index (χ4v) is 4.04. The molecule has 32 heavy (non-hydrogen) atoms. The van der Waals surface area contributed by atoms with E-state index in [1.54, 1.807) is 0 Å². The predicted octanol–water partition coefficient (Wildman–Crippen LogP) is 1.36. The van der Waals surface area contributed by atoms with Crippen LogP contribution in [0.4, 0.5) is 20.2 Å². The number of carboxylic acids is 1. The molecule has 2 aliphatic rings. The lowest BCUT2D eigenvalue weighted by Crippen LogP contribution is -2.45. The molecule has 6 N–H and O–H groups in total. The van der Waals surface area contributed by atoms with E-state index in [4.69, 9.17) is 11.5 Å². The van der Waals surface area contributed by atoms with E-state index in [0.717, 1.165) is 6.20 Å². The van der Waals surface area contributed by atoms with Crippen molar-refractivity contribution in [2.24, 2.45) is 5.73 Å². The largest absolute Gasteiger partial charge is 0.477 e. The minimum atomic E-state index is -1.49. The molecule has 174 valence electrons. The molecule has 1 aromatic carbocycles. The van der Waals surface area contributed by atoms with Gasteiger partial charge in [0.15, 0.2) is 11.6 Å². The second kappa shape index (κ2) is 8.55. The first-order valence-electron chi connectivity index (χ1n) is 10.0. The number of amides is 1.